The molecule has 2 amide bonds. The quantitative estimate of drug-likeness (QED) is 0.256. The second-order valence-corrected chi connectivity index (χ2v) is 11.5. The molecule has 1 saturated heterocycles. The van der Waals surface area contributed by atoms with Crippen LogP contribution in [0.2, 0.25) is 0 Å². The van der Waals surface area contributed by atoms with Gasteiger partial charge in [-0.2, -0.15) is 0 Å². The molecule has 216 valence electrons. The first-order valence-corrected chi connectivity index (χ1v) is 14.7. The van der Waals surface area contributed by atoms with E-state index in [1.165, 1.54) is 6.26 Å². The third-order valence-electron chi connectivity index (χ3n) is 8.35. The Morgan fingerprint density at radius 3 is 2.43 bits per heavy atom. The highest BCUT2D eigenvalue weighted by molar-refractivity contribution is 5.88. The number of carbonyl (C=O) groups excluding carboxylic acids is 2. The van der Waals surface area contributed by atoms with E-state index in [1.807, 2.05) is 67.6 Å². The fourth-order valence-corrected chi connectivity index (χ4v) is 5.94. The van der Waals surface area contributed by atoms with Crippen molar-refractivity contribution in [3.05, 3.63) is 118 Å². The minimum atomic E-state index is -0.217. The van der Waals surface area contributed by atoms with Gasteiger partial charge in [-0.3, -0.25) is 14.4 Å². The van der Waals surface area contributed by atoms with Crippen molar-refractivity contribution >= 4 is 22.8 Å². The van der Waals surface area contributed by atoms with Crippen molar-refractivity contribution in [2.45, 2.75) is 51.3 Å². The smallest absolute Gasteiger partial charge is 0.242 e. The van der Waals surface area contributed by atoms with Gasteiger partial charge < -0.3 is 19.0 Å². The molecule has 0 radical (unpaired) electrons. The van der Waals surface area contributed by atoms with Gasteiger partial charge in [0.1, 0.15) is 5.58 Å². The average Bonchev–Trinajstić information content (AvgIpc) is 3.65. The monoisotopic (exact) mass is 564 g/mol. The molecule has 2 aliphatic rings. The van der Waals surface area contributed by atoms with Gasteiger partial charge in [-0.1, -0.05) is 72.3 Å². The van der Waals surface area contributed by atoms with Crippen LogP contribution < -0.4 is 5.43 Å². The Morgan fingerprint density at radius 2 is 1.69 bits per heavy atom. The van der Waals surface area contributed by atoms with E-state index in [-0.39, 0.29) is 48.3 Å². The van der Waals surface area contributed by atoms with Gasteiger partial charge in [0, 0.05) is 25.6 Å². The van der Waals surface area contributed by atoms with Crippen molar-refractivity contribution in [2.75, 3.05) is 19.7 Å². The lowest BCUT2D eigenvalue weighted by molar-refractivity contribution is -0.143. The first kappa shape index (κ1) is 27.9. The van der Waals surface area contributed by atoms with Crippen molar-refractivity contribution in [1.29, 1.82) is 0 Å². The fraction of sp³-hybridized carbons (Fsp3) is 0.343. The van der Waals surface area contributed by atoms with Crippen LogP contribution in [0, 0.1) is 12.8 Å². The van der Waals surface area contributed by atoms with Crippen LogP contribution in [0.25, 0.3) is 11.0 Å². The highest BCUT2D eigenvalue weighted by atomic mass is 16.5. The number of benzene rings is 3. The standard InChI is InChI=1S/C35H36N2O5/c1-24-14-15-32-31(17-24)34(39)27(23-42-32)20-36(19-25-9-4-2-5-10-25)33(38)22-37(21-28-13-8-16-41-28)35(40)30-18-29(30)26-11-6-3-7-12-26/h2-7,9-12,14-15,17,23,28-30H,8,13,16,18-22H2,1H3. The van der Waals surface area contributed by atoms with E-state index in [2.05, 4.69) is 12.1 Å². The SMILES string of the molecule is Cc1ccc2occ(CN(Cc3ccccc3)C(=O)CN(CC3CCCO3)C(=O)C3CC3c3ccccc3)c(=O)c2c1. The third-order valence-corrected chi connectivity index (χ3v) is 8.35. The summed E-state index contributed by atoms with van der Waals surface area (Å²) in [6.45, 7) is 3.31. The first-order chi connectivity index (χ1) is 20.5. The van der Waals surface area contributed by atoms with Gasteiger partial charge in [0.25, 0.3) is 0 Å². The maximum atomic E-state index is 14.0. The second-order valence-electron chi connectivity index (χ2n) is 11.5. The molecule has 6 rings (SSSR count). The highest BCUT2D eigenvalue weighted by Gasteiger charge is 2.46. The number of fused-ring (bicyclic) bond motifs is 1. The summed E-state index contributed by atoms with van der Waals surface area (Å²) >= 11 is 0. The predicted molar refractivity (Wildman–Crippen MR) is 161 cm³/mol. The summed E-state index contributed by atoms with van der Waals surface area (Å²) in [5.41, 5.74) is 3.82. The Balaban J connectivity index is 1.25. The molecule has 1 aliphatic carbocycles. The lowest BCUT2D eigenvalue weighted by Gasteiger charge is -2.29. The van der Waals surface area contributed by atoms with Crippen molar-refractivity contribution in [1.82, 2.24) is 9.80 Å². The zero-order valence-electron chi connectivity index (χ0n) is 23.9. The summed E-state index contributed by atoms with van der Waals surface area (Å²) in [5, 5.41) is 0.496. The number of hydrogen-bond acceptors (Lipinski definition) is 5. The summed E-state index contributed by atoms with van der Waals surface area (Å²) in [5.74, 6) is -0.189. The third kappa shape index (κ3) is 6.31. The Morgan fingerprint density at radius 1 is 0.929 bits per heavy atom. The molecule has 3 aromatic carbocycles. The van der Waals surface area contributed by atoms with Crippen LogP contribution in [0.4, 0.5) is 0 Å². The van der Waals surface area contributed by atoms with E-state index in [0.717, 1.165) is 36.0 Å². The van der Waals surface area contributed by atoms with Gasteiger partial charge in [-0.05, 0) is 55.4 Å². The van der Waals surface area contributed by atoms with Crippen LogP contribution in [-0.2, 0) is 27.4 Å². The molecule has 1 aromatic heterocycles. The Kier molecular flexibility index (Phi) is 8.20. The largest absolute Gasteiger partial charge is 0.464 e. The van der Waals surface area contributed by atoms with Crippen molar-refractivity contribution < 1.29 is 18.7 Å². The highest BCUT2D eigenvalue weighted by Crippen LogP contribution is 2.48. The molecule has 1 saturated carbocycles. The fourth-order valence-electron chi connectivity index (χ4n) is 5.94. The zero-order valence-corrected chi connectivity index (χ0v) is 23.9. The normalized spacial score (nSPS) is 19.5. The van der Waals surface area contributed by atoms with E-state index < -0.39 is 0 Å². The van der Waals surface area contributed by atoms with Crippen LogP contribution in [0.15, 0.2) is 94.3 Å². The maximum absolute atomic E-state index is 14.0. The number of rotatable bonds is 10. The molecule has 0 N–H and O–H groups in total. The van der Waals surface area contributed by atoms with Crippen molar-refractivity contribution in [3.63, 3.8) is 0 Å². The molecule has 7 heteroatoms. The minimum Gasteiger partial charge on any atom is -0.464 e. The van der Waals surface area contributed by atoms with E-state index in [9.17, 15) is 14.4 Å². The van der Waals surface area contributed by atoms with E-state index >= 15 is 0 Å². The van der Waals surface area contributed by atoms with E-state index in [4.69, 9.17) is 9.15 Å². The van der Waals surface area contributed by atoms with E-state index in [0.29, 0.717) is 36.2 Å². The Bertz CT molecular complexity index is 1610. The first-order valence-electron chi connectivity index (χ1n) is 14.7. The number of aryl methyl sites for hydroxylation is 1. The summed E-state index contributed by atoms with van der Waals surface area (Å²) < 4.78 is 11.7. The molecule has 1 aliphatic heterocycles. The number of ether oxygens (including phenoxy) is 1. The number of amides is 2. The molecule has 4 aromatic rings. The van der Waals surface area contributed by atoms with Crippen LogP contribution in [0.5, 0.6) is 0 Å². The van der Waals surface area contributed by atoms with Gasteiger partial charge in [0.15, 0.2) is 5.43 Å². The van der Waals surface area contributed by atoms with Crippen LogP contribution in [-0.4, -0.2) is 47.4 Å². The molecule has 3 atom stereocenters. The average molecular weight is 565 g/mol. The molecule has 2 heterocycles. The predicted octanol–water partition coefficient (Wildman–Crippen LogP) is 5.44. The summed E-state index contributed by atoms with van der Waals surface area (Å²) in [4.78, 5) is 44.6. The number of hydrogen-bond donors (Lipinski definition) is 0. The van der Waals surface area contributed by atoms with Crippen LogP contribution >= 0.6 is 0 Å². The topological polar surface area (TPSA) is 80.1 Å². The molecule has 0 spiro atoms. The summed E-state index contributed by atoms with van der Waals surface area (Å²) in [7, 11) is 0. The maximum Gasteiger partial charge on any atom is 0.242 e. The van der Waals surface area contributed by atoms with Crippen molar-refractivity contribution in [2.24, 2.45) is 5.92 Å². The minimum absolute atomic E-state index is 0.00643. The Labute approximate surface area is 245 Å². The number of nitrogens with zero attached hydrogens (tertiary/aromatic N) is 2. The zero-order chi connectivity index (χ0) is 29.1. The summed E-state index contributed by atoms with van der Waals surface area (Å²) in [6.07, 6.45) is 3.98. The lowest BCUT2D eigenvalue weighted by atomic mass is 10.1. The summed E-state index contributed by atoms with van der Waals surface area (Å²) in [6, 6.07) is 25.3. The van der Waals surface area contributed by atoms with Gasteiger partial charge in [0.05, 0.1) is 36.4 Å². The molecule has 42 heavy (non-hydrogen) atoms. The van der Waals surface area contributed by atoms with Gasteiger partial charge in [-0.15, -0.1) is 0 Å². The molecule has 3 unspecified atom stereocenters. The van der Waals surface area contributed by atoms with Gasteiger partial charge in [0.2, 0.25) is 11.8 Å². The molecular formula is C35H36N2O5. The van der Waals surface area contributed by atoms with Crippen LogP contribution in [0.1, 0.15) is 47.4 Å². The molecular weight excluding hydrogens is 528 g/mol. The van der Waals surface area contributed by atoms with Gasteiger partial charge in [-0.25, -0.2) is 0 Å². The second kappa shape index (κ2) is 12.3. The van der Waals surface area contributed by atoms with Crippen LogP contribution in [0.3, 0.4) is 0 Å². The van der Waals surface area contributed by atoms with Crippen molar-refractivity contribution in [3.8, 4) is 0 Å². The van der Waals surface area contributed by atoms with E-state index in [1.54, 1.807) is 15.9 Å². The lowest BCUT2D eigenvalue weighted by Crippen LogP contribution is -2.46. The Hall–Kier alpha value is -4.23. The molecule has 0 bridgehead atoms. The number of carbonyl (C=O) groups is 2. The molecule has 7 nitrogen and oxygen atoms in total. The molecule has 2 fully saturated rings. The van der Waals surface area contributed by atoms with Gasteiger partial charge >= 0.3 is 0 Å².